The molecule has 3 fully saturated rings. The lowest BCUT2D eigenvalue weighted by atomic mass is 9.89. The highest BCUT2D eigenvalue weighted by molar-refractivity contribution is 5.72. The molecule has 2 heterocycles. The predicted molar refractivity (Wildman–Crippen MR) is 99.1 cm³/mol. The number of ether oxygens (including phenoxy) is 4. The second kappa shape index (κ2) is 10.3. The molecule has 9 atom stereocenters. The van der Waals surface area contributed by atoms with Gasteiger partial charge in [0.2, 0.25) is 5.79 Å². The molecule has 12 nitrogen and oxygen atoms in total. The molecule has 0 aromatic rings. The molecule has 7 N–H and O–H groups in total. The van der Waals surface area contributed by atoms with Crippen LogP contribution in [0.15, 0.2) is 0 Å². The van der Waals surface area contributed by atoms with Crippen molar-refractivity contribution < 1.29 is 59.5 Å². The number of esters is 1. The third kappa shape index (κ3) is 5.03. The Hall–Kier alpha value is -0.930. The van der Waals surface area contributed by atoms with E-state index in [0.29, 0.717) is 12.8 Å². The largest absolute Gasteiger partial charge is 0.463 e. The van der Waals surface area contributed by atoms with E-state index in [0.717, 1.165) is 19.3 Å². The van der Waals surface area contributed by atoms with Gasteiger partial charge in [-0.15, -0.1) is 0 Å². The van der Waals surface area contributed by atoms with Crippen LogP contribution in [0, 0.1) is 5.92 Å². The molecule has 0 radical (unpaired) electrons. The van der Waals surface area contributed by atoms with E-state index in [4.69, 9.17) is 18.9 Å². The monoisotopic (exact) mass is 452 g/mol. The number of carbonyl (C=O) groups excluding carboxylic acids is 1. The van der Waals surface area contributed by atoms with Crippen molar-refractivity contribution in [1.29, 1.82) is 0 Å². The van der Waals surface area contributed by atoms with Crippen LogP contribution in [-0.2, 0) is 23.7 Å². The normalized spacial score (nSPS) is 44.4. The van der Waals surface area contributed by atoms with Gasteiger partial charge in [0, 0.05) is 0 Å². The highest BCUT2D eigenvalue weighted by Gasteiger charge is 2.58. The number of carbonyl (C=O) groups is 1. The average molecular weight is 452 g/mol. The van der Waals surface area contributed by atoms with E-state index in [9.17, 15) is 40.5 Å². The van der Waals surface area contributed by atoms with Gasteiger partial charge in [-0.05, 0) is 12.8 Å². The van der Waals surface area contributed by atoms with E-state index >= 15 is 0 Å². The average Bonchev–Trinajstić information content (AvgIpc) is 3.04. The van der Waals surface area contributed by atoms with Crippen LogP contribution in [0.1, 0.15) is 32.1 Å². The topological polar surface area (TPSA) is 196 Å². The molecule has 31 heavy (non-hydrogen) atoms. The van der Waals surface area contributed by atoms with Crippen LogP contribution >= 0.6 is 0 Å². The third-order valence-corrected chi connectivity index (χ3v) is 6.22. The Morgan fingerprint density at radius 3 is 2.16 bits per heavy atom. The van der Waals surface area contributed by atoms with Crippen LogP contribution in [0.5, 0.6) is 0 Å². The van der Waals surface area contributed by atoms with Gasteiger partial charge in [0.1, 0.15) is 55.9 Å². The highest BCUT2D eigenvalue weighted by Crippen LogP contribution is 2.36. The quantitative estimate of drug-likeness (QED) is 0.191. The van der Waals surface area contributed by atoms with Crippen molar-refractivity contribution in [2.75, 3.05) is 19.8 Å². The lowest BCUT2D eigenvalue weighted by molar-refractivity contribution is -0.383. The second-order valence-electron chi connectivity index (χ2n) is 8.34. The minimum Gasteiger partial charge on any atom is -0.463 e. The number of rotatable bonds is 7. The van der Waals surface area contributed by atoms with Gasteiger partial charge in [0.15, 0.2) is 6.29 Å². The summed E-state index contributed by atoms with van der Waals surface area (Å²) in [5.41, 5.74) is 0. The predicted octanol–water partition coefficient (Wildman–Crippen LogP) is -3.26. The van der Waals surface area contributed by atoms with Crippen molar-refractivity contribution in [3.05, 3.63) is 0 Å². The van der Waals surface area contributed by atoms with E-state index in [-0.39, 0.29) is 5.92 Å². The van der Waals surface area contributed by atoms with Crippen LogP contribution in [-0.4, -0.2) is 116 Å². The van der Waals surface area contributed by atoms with Gasteiger partial charge >= 0.3 is 5.97 Å². The summed E-state index contributed by atoms with van der Waals surface area (Å²) < 4.78 is 21.4. The minimum absolute atomic E-state index is 0.242. The van der Waals surface area contributed by atoms with Gasteiger partial charge in [-0.3, -0.25) is 4.79 Å². The molecule has 0 bridgehead atoms. The first kappa shape index (κ1) is 24.7. The van der Waals surface area contributed by atoms with Gasteiger partial charge in [-0.2, -0.15) is 0 Å². The number of hydrogen-bond acceptors (Lipinski definition) is 12. The fourth-order valence-electron chi connectivity index (χ4n) is 4.24. The molecule has 180 valence electrons. The first-order valence-electron chi connectivity index (χ1n) is 10.5. The smallest absolute Gasteiger partial charge is 0.309 e. The van der Waals surface area contributed by atoms with Crippen LogP contribution in [0.2, 0.25) is 0 Å². The Labute approximate surface area is 178 Å². The fraction of sp³-hybridized carbons (Fsp3) is 0.947. The molecule has 3 aliphatic rings. The molecular formula is C19H32O12. The van der Waals surface area contributed by atoms with Crippen molar-refractivity contribution in [3.63, 3.8) is 0 Å². The first-order valence-corrected chi connectivity index (χ1v) is 10.5. The van der Waals surface area contributed by atoms with E-state index in [1.807, 2.05) is 0 Å². The highest BCUT2D eigenvalue weighted by atomic mass is 16.8. The molecule has 1 aliphatic carbocycles. The SMILES string of the molecule is O=C(OC[C@H]1O[C@H](O[C@]2(CO)O[C@H](CO)[C@@H](O)[C@@H]2O)[C@H](O)[C@@H](O)[C@@H]1O)C1CCCCC1. The maximum Gasteiger partial charge on any atom is 0.309 e. The number of aliphatic hydroxyl groups is 7. The molecule has 0 aromatic heterocycles. The third-order valence-electron chi connectivity index (χ3n) is 6.22. The maximum absolute atomic E-state index is 12.3. The van der Waals surface area contributed by atoms with Gasteiger partial charge in [0.25, 0.3) is 0 Å². The second-order valence-corrected chi connectivity index (χ2v) is 8.34. The molecule has 0 amide bonds. The van der Waals surface area contributed by atoms with Crippen molar-refractivity contribution in [3.8, 4) is 0 Å². The zero-order chi connectivity index (χ0) is 22.8. The summed E-state index contributed by atoms with van der Waals surface area (Å²) in [5.74, 6) is -2.94. The Morgan fingerprint density at radius 2 is 1.58 bits per heavy atom. The number of aliphatic hydroxyl groups excluding tert-OH is 7. The molecule has 2 aliphatic heterocycles. The van der Waals surface area contributed by atoms with Crippen LogP contribution in [0.25, 0.3) is 0 Å². The first-order chi connectivity index (χ1) is 14.7. The lowest BCUT2D eigenvalue weighted by Crippen LogP contribution is -2.63. The number of hydrogen-bond donors (Lipinski definition) is 7. The summed E-state index contributed by atoms with van der Waals surface area (Å²) in [5, 5.41) is 69.8. The molecule has 0 spiro atoms. The molecule has 3 rings (SSSR count). The molecule has 1 saturated carbocycles. The van der Waals surface area contributed by atoms with Gasteiger partial charge in [-0.25, -0.2) is 0 Å². The molecular weight excluding hydrogens is 420 g/mol. The molecule has 2 saturated heterocycles. The zero-order valence-corrected chi connectivity index (χ0v) is 17.0. The van der Waals surface area contributed by atoms with Crippen molar-refractivity contribution in [2.24, 2.45) is 5.92 Å². The Bertz CT molecular complexity index is 598. The Morgan fingerprint density at radius 1 is 0.903 bits per heavy atom. The van der Waals surface area contributed by atoms with Crippen LogP contribution < -0.4 is 0 Å². The summed E-state index contributed by atoms with van der Waals surface area (Å²) in [4.78, 5) is 12.3. The van der Waals surface area contributed by atoms with E-state index in [1.54, 1.807) is 0 Å². The van der Waals surface area contributed by atoms with Gasteiger partial charge in [0.05, 0.1) is 12.5 Å². The summed E-state index contributed by atoms with van der Waals surface area (Å²) in [6, 6.07) is 0. The standard InChI is InChI=1S/C19H32O12/c20-6-10-13(23)16(26)19(8-21,30-10)31-18-15(25)14(24)12(22)11(29-18)7-28-17(27)9-4-2-1-3-5-9/h9-16,18,20-26H,1-8H2/t10-,11-,12-,13-,14+,15-,16+,18-,19+/m1/s1. The molecule has 12 heteroatoms. The summed E-state index contributed by atoms with van der Waals surface area (Å²) in [6.07, 6.45) is -8.52. The lowest BCUT2D eigenvalue weighted by Gasteiger charge is -2.43. The maximum atomic E-state index is 12.3. The molecule has 0 aromatic carbocycles. The van der Waals surface area contributed by atoms with Crippen LogP contribution in [0.4, 0.5) is 0 Å². The van der Waals surface area contributed by atoms with Crippen molar-refractivity contribution in [1.82, 2.24) is 0 Å². The van der Waals surface area contributed by atoms with Gasteiger partial charge < -0.3 is 54.7 Å². The molecule has 0 unspecified atom stereocenters. The fourth-order valence-corrected chi connectivity index (χ4v) is 4.24. The minimum atomic E-state index is -2.26. The summed E-state index contributed by atoms with van der Waals surface area (Å²) in [7, 11) is 0. The van der Waals surface area contributed by atoms with E-state index < -0.39 is 80.6 Å². The zero-order valence-electron chi connectivity index (χ0n) is 17.0. The van der Waals surface area contributed by atoms with Gasteiger partial charge in [-0.1, -0.05) is 19.3 Å². The Kier molecular flexibility index (Phi) is 8.24. The van der Waals surface area contributed by atoms with Crippen molar-refractivity contribution >= 4 is 5.97 Å². The Balaban J connectivity index is 1.65. The van der Waals surface area contributed by atoms with E-state index in [1.165, 1.54) is 0 Å². The summed E-state index contributed by atoms with van der Waals surface area (Å²) >= 11 is 0. The van der Waals surface area contributed by atoms with E-state index in [2.05, 4.69) is 0 Å². The van der Waals surface area contributed by atoms with Crippen molar-refractivity contribution in [2.45, 2.75) is 86.9 Å². The summed E-state index contributed by atoms with van der Waals surface area (Å²) in [6.45, 7) is -2.08. The van der Waals surface area contributed by atoms with Crippen LogP contribution in [0.3, 0.4) is 0 Å².